The van der Waals surface area contributed by atoms with Gasteiger partial charge in [0, 0.05) is 23.5 Å². The summed E-state index contributed by atoms with van der Waals surface area (Å²) in [6.07, 6.45) is 2.77. The van der Waals surface area contributed by atoms with Gasteiger partial charge in [0.15, 0.2) is 0 Å². The van der Waals surface area contributed by atoms with Crippen molar-refractivity contribution in [3.63, 3.8) is 0 Å². The van der Waals surface area contributed by atoms with E-state index in [-0.39, 0.29) is 5.91 Å². The number of carbonyl (C=O) groups excluding carboxylic acids is 1. The number of benzene rings is 2. The van der Waals surface area contributed by atoms with Crippen molar-refractivity contribution in [3.05, 3.63) is 83.8 Å². The van der Waals surface area contributed by atoms with Crippen LogP contribution in [0.5, 0.6) is 0 Å². The first kappa shape index (κ1) is 17.7. The first-order valence-corrected chi connectivity index (χ1v) is 10.1. The number of furan rings is 1. The molecule has 3 aromatic rings. The highest BCUT2D eigenvalue weighted by atomic mass is 32.2. The fourth-order valence-corrected chi connectivity index (χ4v) is 4.29. The van der Waals surface area contributed by atoms with E-state index in [0.717, 1.165) is 36.6 Å². The average molecular weight is 378 g/mol. The Morgan fingerprint density at radius 2 is 2.04 bits per heavy atom. The second kappa shape index (κ2) is 8.35. The summed E-state index contributed by atoms with van der Waals surface area (Å²) in [7, 11) is 0. The van der Waals surface area contributed by atoms with Gasteiger partial charge in [-0.15, -0.1) is 11.8 Å². The Hall–Kier alpha value is -2.66. The van der Waals surface area contributed by atoms with Crippen LogP contribution < -0.4 is 10.2 Å². The van der Waals surface area contributed by atoms with E-state index < -0.39 is 0 Å². The minimum Gasteiger partial charge on any atom is -0.467 e. The SMILES string of the molecule is O=C(NCc1ccco1)c1cccc(CN2CCCSc3ccccc32)c1. The summed E-state index contributed by atoms with van der Waals surface area (Å²) in [6, 6.07) is 20.1. The molecule has 1 aromatic heterocycles. The molecule has 0 spiro atoms. The molecular formula is C22H22N2O2S. The molecule has 4 rings (SSSR count). The number of rotatable bonds is 5. The lowest BCUT2D eigenvalue weighted by Crippen LogP contribution is -2.25. The summed E-state index contributed by atoms with van der Waals surface area (Å²) in [6.45, 7) is 2.22. The minimum atomic E-state index is -0.0833. The predicted octanol–water partition coefficient (Wildman–Crippen LogP) is 4.71. The summed E-state index contributed by atoms with van der Waals surface area (Å²) in [5.41, 5.74) is 3.10. The Morgan fingerprint density at radius 3 is 2.93 bits per heavy atom. The average Bonchev–Trinajstić information content (AvgIpc) is 3.15. The Balaban J connectivity index is 1.47. The number of para-hydroxylation sites is 1. The number of amides is 1. The van der Waals surface area contributed by atoms with E-state index in [2.05, 4.69) is 40.5 Å². The number of nitrogens with one attached hydrogen (secondary N) is 1. The van der Waals surface area contributed by atoms with Gasteiger partial charge in [0.25, 0.3) is 5.91 Å². The molecule has 5 heteroatoms. The maximum atomic E-state index is 12.5. The van der Waals surface area contributed by atoms with Crippen LogP contribution >= 0.6 is 11.8 Å². The predicted molar refractivity (Wildman–Crippen MR) is 109 cm³/mol. The Morgan fingerprint density at radius 1 is 1.11 bits per heavy atom. The molecule has 0 saturated heterocycles. The van der Waals surface area contributed by atoms with Crippen LogP contribution in [0.3, 0.4) is 0 Å². The molecule has 0 aliphatic carbocycles. The number of thioether (sulfide) groups is 1. The van der Waals surface area contributed by atoms with E-state index in [9.17, 15) is 4.79 Å². The summed E-state index contributed by atoms with van der Waals surface area (Å²) in [5, 5.41) is 2.91. The Kier molecular flexibility index (Phi) is 5.49. The number of carbonyl (C=O) groups is 1. The van der Waals surface area contributed by atoms with Crippen LogP contribution in [-0.4, -0.2) is 18.2 Å². The van der Waals surface area contributed by atoms with Gasteiger partial charge >= 0.3 is 0 Å². The van der Waals surface area contributed by atoms with Crippen molar-refractivity contribution in [1.82, 2.24) is 5.32 Å². The lowest BCUT2D eigenvalue weighted by atomic mass is 10.1. The van der Waals surface area contributed by atoms with Gasteiger partial charge in [0.1, 0.15) is 5.76 Å². The molecule has 2 aromatic carbocycles. The summed E-state index contributed by atoms with van der Waals surface area (Å²) < 4.78 is 5.27. The molecule has 1 aliphatic rings. The van der Waals surface area contributed by atoms with E-state index >= 15 is 0 Å². The van der Waals surface area contributed by atoms with Crippen molar-refractivity contribution in [3.8, 4) is 0 Å². The quantitative estimate of drug-likeness (QED) is 0.698. The third kappa shape index (κ3) is 4.37. The monoisotopic (exact) mass is 378 g/mol. The molecule has 1 N–H and O–H groups in total. The van der Waals surface area contributed by atoms with Crippen LogP contribution in [0.1, 0.15) is 28.1 Å². The van der Waals surface area contributed by atoms with E-state index in [0.29, 0.717) is 12.1 Å². The molecule has 0 fully saturated rings. The van der Waals surface area contributed by atoms with Crippen molar-refractivity contribution in [2.75, 3.05) is 17.2 Å². The molecule has 0 bridgehead atoms. The smallest absolute Gasteiger partial charge is 0.251 e. The third-order valence-corrected chi connectivity index (χ3v) is 5.75. The molecule has 0 unspecified atom stereocenters. The molecule has 1 amide bonds. The molecule has 138 valence electrons. The third-order valence-electron chi connectivity index (χ3n) is 4.60. The largest absolute Gasteiger partial charge is 0.467 e. The van der Waals surface area contributed by atoms with Crippen LogP contribution in [0, 0.1) is 0 Å². The fraction of sp³-hybridized carbons (Fsp3) is 0.227. The molecule has 27 heavy (non-hydrogen) atoms. The molecule has 0 radical (unpaired) electrons. The van der Waals surface area contributed by atoms with E-state index in [1.807, 2.05) is 42.1 Å². The zero-order chi connectivity index (χ0) is 18.5. The van der Waals surface area contributed by atoms with E-state index in [1.54, 1.807) is 6.26 Å². The zero-order valence-electron chi connectivity index (χ0n) is 15.1. The lowest BCUT2D eigenvalue weighted by Gasteiger charge is -2.24. The van der Waals surface area contributed by atoms with Crippen molar-refractivity contribution in [2.45, 2.75) is 24.4 Å². The van der Waals surface area contributed by atoms with Gasteiger partial charge in [-0.25, -0.2) is 0 Å². The van der Waals surface area contributed by atoms with Gasteiger partial charge in [-0.1, -0.05) is 24.3 Å². The van der Waals surface area contributed by atoms with Crippen LogP contribution in [-0.2, 0) is 13.1 Å². The highest BCUT2D eigenvalue weighted by Crippen LogP contribution is 2.34. The second-order valence-electron chi connectivity index (χ2n) is 6.55. The van der Waals surface area contributed by atoms with Crippen LogP contribution in [0.25, 0.3) is 0 Å². The first-order chi connectivity index (χ1) is 13.3. The van der Waals surface area contributed by atoms with Gasteiger partial charge in [-0.3, -0.25) is 4.79 Å². The van der Waals surface area contributed by atoms with Crippen molar-refractivity contribution in [2.24, 2.45) is 0 Å². The number of hydrogen-bond acceptors (Lipinski definition) is 4. The normalized spacial score (nSPS) is 13.7. The maximum absolute atomic E-state index is 12.5. The molecule has 4 nitrogen and oxygen atoms in total. The van der Waals surface area contributed by atoms with Crippen LogP contribution in [0.2, 0.25) is 0 Å². The highest BCUT2D eigenvalue weighted by Gasteiger charge is 2.16. The molecule has 0 saturated carbocycles. The van der Waals surface area contributed by atoms with Crippen molar-refractivity contribution >= 4 is 23.4 Å². The van der Waals surface area contributed by atoms with Gasteiger partial charge < -0.3 is 14.6 Å². The standard InChI is InChI=1S/C22H22N2O2S/c25-22(23-15-19-8-4-12-26-19)18-7-3-6-17(14-18)16-24-11-5-13-27-21-10-2-1-9-20(21)24/h1-4,6-10,12,14H,5,11,13,15-16H2,(H,23,25). The molecule has 0 atom stereocenters. The summed E-state index contributed by atoms with van der Waals surface area (Å²) in [5.74, 6) is 1.81. The van der Waals surface area contributed by atoms with Gasteiger partial charge in [-0.05, 0) is 54.1 Å². The lowest BCUT2D eigenvalue weighted by molar-refractivity contribution is 0.0948. The highest BCUT2D eigenvalue weighted by molar-refractivity contribution is 7.99. The molecular weight excluding hydrogens is 356 g/mol. The van der Waals surface area contributed by atoms with E-state index in [1.165, 1.54) is 10.6 Å². The summed E-state index contributed by atoms with van der Waals surface area (Å²) >= 11 is 1.92. The number of nitrogens with zero attached hydrogens (tertiary/aromatic N) is 1. The van der Waals surface area contributed by atoms with Crippen LogP contribution in [0.15, 0.2) is 76.2 Å². The van der Waals surface area contributed by atoms with Crippen molar-refractivity contribution in [1.29, 1.82) is 0 Å². The van der Waals surface area contributed by atoms with Gasteiger partial charge in [0.2, 0.25) is 0 Å². The van der Waals surface area contributed by atoms with Gasteiger partial charge in [-0.2, -0.15) is 0 Å². The molecule has 1 aliphatic heterocycles. The number of fused-ring (bicyclic) bond motifs is 1. The topological polar surface area (TPSA) is 45.5 Å². The minimum absolute atomic E-state index is 0.0833. The number of anilines is 1. The van der Waals surface area contributed by atoms with Crippen LogP contribution in [0.4, 0.5) is 5.69 Å². The Bertz CT molecular complexity index is 908. The zero-order valence-corrected chi connectivity index (χ0v) is 15.9. The molecule has 2 heterocycles. The van der Waals surface area contributed by atoms with Crippen molar-refractivity contribution < 1.29 is 9.21 Å². The Labute approximate surface area is 163 Å². The fourth-order valence-electron chi connectivity index (χ4n) is 3.28. The second-order valence-corrected chi connectivity index (χ2v) is 7.69. The summed E-state index contributed by atoms with van der Waals surface area (Å²) in [4.78, 5) is 16.2. The van der Waals surface area contributed by atoms with Gasteiger partial charge in [0.05, 0.1) is 18.5 Å². The van der Waals surface area contributed by atoms with E-state index in [4.69, 9.17) is 4.42 Å². The number of hydrogen-bond donors (Lipinski definition) is 1. The first-order valence-electron chi connectivity index (χ1n) is 9.16. The maximum Gasteiger partial charge on any atom is 0.251 e.